The molecule has 1 aromatic heterocycles. The number of hydrogen-bond donors (Lipinski definition) is 3. The van der Waals surface area contributed by atoms with E-state index in [-0.39, 0.29) is 29.5 Å². The SMILES string of the molecule is Cl.O=C(NCC1(c2ccc(F)cc2)CCCCC1)c1n[nH]c2c1CNCC2. The van der Waals surface area contributed by atoms with Crippen LogP contribution < -0.4 is 10.6 Å². The van der Waals surface area contributed by atoms with E-state index >= 15 is 0 Å². The van der Waals surface area contributed by atoms with E-state index in [0.717, 1.165) is 55.5 Å². The van der Waals surface area contributed by atoms with Crippen molar-refractivity contribution in [2.75, 3.05) is 13.1 Å². The number of halogens is 2. The van der Waals surface area contributed by atoms with Gasteiger partial charge in [-0.05, 0) is 30.5 Å². The molecule has 5 nitrogen and oxygen atoms in total. The largest absolute Gasteiger partial charge is 0.350 e. The lowest BCUT2D eigenvalue weighted by molar-refractivity contribution is 0.0930. The molecule has 2 heterocycles. The van der Waals surface area contributed by atoms with Gasteiger partial charge in [-0.15, -0.1) is 12.4 Å². The van der Waals surface area contributed by atoms with E-state index in [1.807, 2.05) is 12.1 Å². The number of carbonyl (C=O) groups is 1. The molecule has 1 amide bonds. The maximum atomic E-state index is 13.4. The Morgan fingerprint density at radius 3 is 2.67 bits per heavy atom. The van der Waals surface area contributed by atoms with Crippen LogP contribution >= 0.6 is 12.4 Å². The topological polar surface area (TPSA) is 69.8 Å². The minimum Gasteiger partial charge on any atom is -0.350 e. The lowest BCUT2D eigenvalue weighted by Crippen LogP contribution is -2.42. The fraction of sp³-hybridized carbons (Fsp3) is 0.500. The first-order valence-corrected chi connectivity index (χ1v) is 9.49. The molecule has 0 spiro atoms. The number of amides is 1. The molecule has 1 saturated carbocycles. The van der Waals surface area contributed by atoms with Gasteiger partial charge in [-0.1, -0.05) is 31.4 Å². The Hall–Kier alpha value is -1.92. The molecular weight excluding hydrogens is 367 g/mol. The summed E-state index contributed by atoms with van der Waals surface area (Å²) in [6.07, 6.45) is 6.38. The maximum absolute atomic E-state index is 13.4. The number of fused-ring (bicyclic) bond motifs is 1. The molecule has 1 aliphatic carbocycles. The number of nitrogens with zero attached hydrogens (tertiary/aromatic N) is 1. The highest BCUT2D eigenvalue weighted by Crippen LogP contribution is 2.39. The van der Waals surface area contributed by atoms with Gasteiger partial charge in [-0.3, -0.25) is 9.89 Å². The van der Waals surface area contributed by atoms with Gasteiger partial charge in [0.15, 0.2) is 5.69 Å². The fourth-order valence-electron chi connectivity index (χ4n) is 4.35. The number of hydrogen-bond acceptors (Lipinski definition) is 3. The quantitative estimate of drug-likeness (QED) is 0.748. The standard InChI is InChI=1S/C20H25FN4O.ClH/c21-15-6-4-14(5-7-15)20(9-2-1-3-10-20)13-23-19(26)18-16-12-22-11-8-17(16)24-25-18;/h4-7,22H,1-3,8-13H2,(H,23,26)(H,24,25);1H. The van der Waals surface area contributed by atoms with Gasteiger partial charge in [0.1, 0.15) is 5.82 Å². The Morgan fingerprint density at radius 2 is 1.93 bits per heavy atom. The Bertz CT molecular complexity index is 784. The van der Waals surface area contributed by atoms with E-state index in [4.69, 9.17) is 0 Å². The van der Waals surface area contributed by atoms with E-state index in [9.17, 15) is 9.18 Å². The van der Waals surface area contributed by atoms with Gasteiger partial charge in [0, 0.05) is 42.7 Å². The van der Waals surface area contributed by atoms with Crippen LogP contribution in [0.4, 0.5) is 4.39 Å². The molecule has 1 aliphatic heterocycles. The van der Waals surface area contributed by atoms with Crippen molar-refractivity contribution in [3.05, 3.63) is 52.6 Å². The molecule has 0 atom stereocenters. The molecule has 2 aromatic rings. The van der Waals surface area contributed by atoms with Gasteiger partial charge in [-0.25, -0.2) is 4.39 Å². The highest BCUT2D eigenvalue weighted by molar-refractivity contribution is 5.94. The number of H-pyrrole nitrogens is 1. The van der Waals surface area contributed by atoms with Crippen molar-refractivity contribution >= 4 is 18.3 Å². The first kappa shape index (κ1) is 19.8. The number of nitrogens with one attached hydrogen (secondary N) is 3. The second-order valence-electron chi connectivity index (χ2n) is 7.49. The van der Waals surface area contributed by atoms with Crippen LogP contribution in [0.2, 0.25) is 0 Å². The van der Waals surface area contributed by atoms with Crippen LogP contribution in [0.15, 0.2) is 24.3 Å². The molecule has 146 valence electrons. The molecule has 0 saturated heterocycles. The third-order valence-electron chi connectivity index (χ3n) is 5.88. The highest BCUT2D eigenvalue weighted by atomic mass is 35.5. The molecule has 27 heavy (non-hydrogen) atoms. The van der Waals surface area contributed by atoms with E-state index in [1.165, 1.54) is 18.6 Å². The van der Waals surface area contributed by atoms with Crippen LogP contribution in [0.25, 0.3) is 0 Å². The van der Waals surface area contributed by atoms with Crippen molar-refractivity contribution in [3.63, 3.8) is 0 Å². The number of benzene rings is 1. The highest BCUT2D eigenvalue weighted by Gasteiger charge is 2.35. The van der Waals surface area contributed by atoms with E-state index in [1.54, 1.807) is 0 Å². The fourth-order valence-corrected chi connectivity index (χ4v) is 4.35. The van der Waals surface area contributed by atoms with Gasteiger partial charge in [0.25, 0.3) is 5.91 Å². The van der Waals surface area contributed by atoms with Crippen molar-refractivity contribution in [2.24, 2.45) is 0 Å². The van der Waals surface area contributed by atoms with Crippen molar-refractivity contribution in [3.8, 4) is 0 Å². The summed E-state index contributed by atoms with van der Waals surface area (Å²) in [4.78, 5) is 12.8. The number of carbonyl (C=O) groups excluding carboxylic acids is 1. The molecule has 7 heteroatoms. The molecule has 0 bridgehead atoms. The average molecular weight is 393 g/mol. The van der Waals surface area contributed by atoms with Crippen LogP contribution in [0.1, 0.15) is 59.4 Å². The van der Waals surface area contributed by atoms with Gasteiger partial charge in [0.05, 0.1) is 0 Å². The first-order chi connectivity index (χ1) is 12.7. The summed E-state index contributed by atoms with van der Waals surface area (Å²) in [5.41, 5.74) is 3.53. The Kier molecular flexibility index (Phi) is 6.17. The van der Waals surface area contributed by atoms with Gasteiger partial charge >= 0.3 is 0 Å². The predicted molar refractivity (Wildman–Crippen MR) is 105 cm³/mol. The molecule has 2 aliphatic rings. The van der Waals surface area contributed by atoms with Crippen LogP contribution in [-0.2, 0) is 18.4 Å². The Labute approximate surface area is 164 Å². The first-order valence-electron chi connectivity index (χ1n) is 9.49. The summed E-state index contributed by atoms with van der Waals surface area (Å²) in [5, 5.41) is 13.6. The van der Waals surface area contributed by atoms with Crippen LogP contribution in [0.5, 0.6) is 0 Å². The minimum atomic E-state index is -0.223. The van der Waals surface area contributed by atoms with E-state index < -0.39 is 0 Å². The lowest BCUT2D eigenvalue weighted by atomic mass is 9.69. The molecule has 0 radical (unpaired) electrons. The second kappa shape index (κ2) is 8.40. The zero-order valence-corrected chi connectivity index (χ0v) is 16.1. The van der Waals surface area contributed by atoms with Crippen molar-refractivity contribution < 1.29 is 9.18 Å². The molecule has 3 N–H and O–H groups in total. The summed E-state index contributed by atoms with van der Waals surface area (Å²) in [5.74, 6) is -0.349. The van der Waals surface area contributed by atoms with Crippen molar-refractivity contribution in [1.29, 1.82) is 0 Å². The van der Waals surface area contributed by atoms with Gasteiger partial charge < -0.3 is 10.6 Å². The number of aromatic nitrogens is 2. The molecule has 0 unspecified atom stereocenters. The summed E-state index contributed by atoms with van der Waals surface area (Å²) in [6, 6.07) is 6.77. The van der Waals surface area contributed by atoms with E-state index in [2.05, 4.69) is 20.8 Å². The summed E-state index contributed by atoms with van der Waals surface area (Å²) >= 11 is 0. The van der Waals surface area contributed by atoms with Crippen molar-refractivity contribution in [1.82, 2.24) is 20.8 Å². The lowest BCUT2D eigenvalue weighted by Gasteiger charge is -2.38. The Morgan fingerprint density at radius 1 is 1.19 bits per heavy atom. The van der Waals surface area contributed by atoms with Crippen LogP contribution in [0.3, 0.4) is 0 Å². The number of aromatic amines is 1. The summed E-state index contributed by atoms with van der Waals surface area (Å²) in [7, 11) is 0. The van der Waals surface area contributed by atoms with Crippen LogP contribution in [0, 0.1) is 5.82 Å². The van der Waals surface area contributed by atoms with Crippen LogP contribution in [-0.4, -0.2) is 29.2 Å². The smallest absolute Gasteiger partial charge is 0.272 e. The summed E-state index contributed by atoms with van der Waals surface area (Å²) < 4.78 is 13.4. The Balaban J connectivity index is 0.00000210. The third kappa shape index (κ3) is 4.01. The molecule has 1 fully saturated rings. The zero-order chi connectivity index (χ0) is 18.0. The van der Waals surface area contributed by atoms with E-state index in [0.29, 0.717) is 18.8 Å². The molecule has 1 aromatic carbocycles. The summed E-state index contributed by atoms with van der Waals surface area (Å²) in [6.45, 7) is 2.15. The van der Waals surface area contributed by atoms with Crippen molar-refractivity contribution in [2.45, 2.75) is 50.5 Å². The monoisotopic (exact) mass is 392 g/mol. The van der Waals surface area contributed by atoms with Gasteiger partial charge in [0.2, 0.25) is 0 Å². The number of rotatable bonds is 4. The normalized spacial score (nSPS) is 18.3. The molecule has 4 rings (SSSR count). The third-order valence-corrected chi connectivity index (χ3v) is 5.88. The maximum Gasteiger partial charge on any atom is 0.272 e. The molecular formula is C20H26ClFN4O. The van der Waals surface area contributed by atoms with Gasteiger partial charge in [-0.2, -0.15) is 5.10 Å². The zero-order valence-electron chi connectivity index (χ0n) is 15.3. The minimum absolute atomic E-state index is 0. The predicted octanol–water partition coefficient (Wildman–Crippen LogP) is 3.25. The second-order valence-corrected chi connectivity index (χ2v) is 7.49. The average Bonchev–Trinajstić information content (AvgIpc) is 3.12.